The van der Waals surface area contributed by atoms with Gasteiger partial charge in [0.1, 0.15) is 17.2 Å². The van der Waals surface area contributed by atoms with Crippen LogP contribution in [0.2, 0.25) is 0 Å². The quantitative estimate of drug-likeness (QED) is 0.145. The predicted octanol–water partition coefficient (Wildman–Crippen LogP) is 6.69. The van der Waals surface area contributed by atoms with E-state index < -0.39 is 0 Å². The van der Waals surface area contributed by atoms with Crippen molar-refractivity contribution in [3.05, 3.63) is 117 Å². The van der Waals surface area contributed by atoms with Crippen molar-refractivity contribution in [3.8, 4) is 28.4 Å². The molecule has 6 aromatic rings. The third-order valence-electron chi connectivity index (χ3n) is 6.90. The number of hydrogen-bond donors (Lipinski definition) is 0. The maximum Gasteiger partial charge on any atom is 0.291 e. The number of nitrogens with zero attached hydrogens (tertiary/aromatic N) is 5. The van der Waals surface area contributed by atoms with Gasteiger partial charge in [0, 0.05) is 17.3 Å². The highest BCUT2D eigenvalue weighted by Crippen LogP contribution is 2.28. The van der Waals surface area contributed by atoms with Gasteiger partial charge < -0.3 is 9.47 Å². The number of unbranched alkanes of at least 4 members (excludes halogenated alkanes) is 1. The third kappa shape index (κ3) is 6.63. The highest BCUT2D eigenvalue weighted by molar-refractivity contribution is 7.15. The number of rotatable bonds is 12. The molecule has 0 saturated heterocycles. The Kier molecular flexibility index (Phi) is 8.93. The molecule has 44 heavy (non-hydrogen) atoms. The molecule has 0 N–H and O–H groups in total. The van der Waals surface area contributed by atoms with E-state index in [-0.39, 0.29) is 5.56 Å². The highest BCUT2D eigenvalue weighted by atomic mass is 32.1. The monoisotopic (exact) mass is 603 g/mol. The van der Waals surface area contributed by atoms with Gasteiger partial charge >= 0.3 is 0 Å². The lowest BCUT2D eigenvalue weighted by molar-refractivity contribution is 0.309. The molecule has 0 spiro atoms. The second-order valence-corrected chi connectivity index (χ2v) is 11.3. The number of hydrogen-bond acceptors (Lipinski definition) is 7. The van der Waals surface area contributed by atoms with Gasteiger partial charge in [0.25, 0.3) is 5.56 Å². The predicted molar refractivity (Wildman–Crippen MR) is 176 cm³/mol. The van der Waals surface area contributed by atoms with Gasteiger partial charge in [-0.1, -0.05) is 80.1 Å². The van der Waals surface area contributed by atoms with Crippen LogP contribution in [0.3, 0.4) is 0 Å². The van der Waals surface area contributed by atoms with E-state index in [0.717, 1.165) is 65.4 Å². The Balaban J connectivity index is 1.30. The van der Waals surface area contributed by atoms with E-state index in [2.05, 4.69) is 23.9 Å². The van der Waals surface area contributed by atoms with Crippen molar-refractivity contribution in [1.29, 1.82) is 0 Å². The molecule has 0 fully saturated rings. The Hall–Kier alpha value is -5.02. The van der Waals surface area contributed by atoms with E-state index in [1.54, 1.807) is 0 Å². The van der Waals surface area contributed by atoms with Crippen LogP contribution in [0.1, 0.15) is 50.1 Å². The lowest BCUT2D eigenvalue weighted by Crippen LogP contribution is -2.23. The zero-order valence-electron chi connectivity index (χ0n) is 24.7. The van der Waals surface area contributed by atoms with E-state index in [1.165, 1.54) is 15.9 Å². The van der Waals surface area contributed by atoms with E-state index in [4.69, 9.17) is 14.6 Å². The van der Waals surface area contributed by atoms with Crippen molar-refractivity contribution in [3.63, 3.8) is 0 Å². The lowest BCUT2D eigenvalue weighted by atomic mass is 10.1. The summed E-state index contributed by atoms with van der Waals surface area (Å²) in [6.07, 6.45) is 10.6. The van der Waals surface area contributed by atoms with Gasteiger partial charge in [0.15, 0.2) is 5.82 Å². The molecule has 8 nitrogen and oxygen atoms in total. The summed E-state index contributed by atoms with van der Waals surface area (Å²) < 4.78 is 15.3. The normalized spacial score (nSPS) is 12.0. The van der Waals surface area contributed by atoms with Crippen LogP contribution in [0.5, 0.6) is 11.5 Å². The SMILES string of the molecule is CCCCOc1ccc(/C=C/c2nc3s/c(=C\c4cn(-c5ccccc5)nc4-c4cccc(OCCC)c4)c(=O)n3n2)cc1. The molecule has 9 heteroatoms. The molecule has 0 atom stereocenters. The molecule has 0 amide bonds. The van der Waals surface area contributed by atoms with Crippen molar-refractivity contribution in [2.24, 2.45) is 0 Å². The number of fused-ring (bicyclic) bond motifs is 1. The van der Waals surface area contributed by atoms with E-state index in [1.807, 2.05) is 108 Å². The summed E-state index contributed by atoms with van der Waals surface area (Å²) in [5, 5.41) is 9.37. The topological polar surface area (TPSA) is 83.5 Å². The molecule has 0 unspecified atom stereocenters. The molecule has 222 valence electrons. The van der Waals surface area contributed by atoms with Crippen molar-refractivity contribution >= 4 is 34.5 Å². The van der Waals surface area contributed by atoms with E-state index in [9.17, 15) is 4.79 Å². The van der Waals surface area contributed by atoms with Crippen molar-refractivity contribution in [1.82, 2.24) is 24.4 Å². The summed E-state index contributed by atoms with van der Waals surface area (Å²) in [6.45, 7) is 5.58. The third-order valence-corrected chi connectivity index (χ3v) is 7.86. The average molecular weight is 604 g/mol. The van der Waals surface area contributed by atoms with Crippen LogP contribution in [0.15, 0.2) is 89.9 Å². The van der Waals surface area contributed by atoms with Crippen LogP contribution < -0.4 is 19.6 Å². The van der Waals surface area contributed by atoms with Gasteiger partial charge in [-0.3, -0.25) is 4.79 Å². The molecule has 3 aromatic heterocycles. The summed E-state index contributed by atoms with van der Waals surface area (Å²) in [5.74, 6) is 2.11. The first-order chi connectivity index (χ1) is 21.6. The molecule has 0 aliphatic carbocycles. The summed E-state index contributed by atoms with van der Waals surface area (Å²) in [6, 6.07) is 25.7. The molecular formula is C35H33N5O3S. The molecule has 0 aliphatic rings. The Morgan fingerprint density at radius 3 is 2.43 bits per heavy atom. The second-order valence-electron chi connectivity index (χ2n) is 10.3. The minimum Gasteiger partial charge on any atom is -0.494 e. The van der Waals surface area contributed by atoms with Gasteiger partial charge in [-0.2, -0.15) is 14.6 Å². The zero-order chi connectivity index (χ0) is 30.3. The Bertz CT molecular complexity index is 1990. The molecule has 0 saturated carbocycles. The molecule has 3 heterocycles. The molecule has 3 aromatic carbocycles. The minimum atomic E-state index is -0.218. The largest absolute Gasteiger partial charge is 0.494 e. The fraction of sp³-hybridized carbons (Fsp3) is 0.200. The van der Waals surface area contributed by atoms with Crippen LogP contribution in [0, 0.1) is 0 Å². The molecular weight excluding hydrogens is 570 g/mol. The number of aromatic nitrogens is 5. The maximum atomic E-state index is 13.4. The Labute approximate surface area is 259 Å². The van der Waals surface area contributed by atoms with Crippen LogP contribution in [-0.4, -0.2) is 37.6 Å². The van der Waals surface area contributed by atoms with Gasteiger partial charge in [-0.05, 0) is 67.0 Å². The summed E-state index contributed by atoms with van der Waals surface area (Å²) in [4.78, 5) is 18.5. The van der Waals surface area contributed by atoms with Crippen LogP contribution in [0.4, 0.5) is 0 Å². The first-order valence-electron chi connectivity index (χ1n) is 14.8. The standard InChI is InChI=1S/C35H33N5O3S/c1-3-5-21-43-29-17-14-25(15-18-29)16-19-32-36-35-40(37-32)34(41)31(44-35)23-27-24-39(28-11-7-6-8-12-28)38-33(27)26-10-9-13-30(22-26)42-20-4-2/h6-19,22-24H,3-5,20-21H2,1-2H3/b19-16+,31-23-. The van der Waals surface area contributed by atoms with Gasteiger partial charge in [-0.25, -0.2) is 4.68 Å². The molecule has 0 radical (unpaired) electrons. The van der Waals surface area contributed by atoms with Crippen LogP contribution in [-0.2, 0) is 0 Å². The van der Waals surface area contributed by atoms with Crippen LogP contribution >= 0.6 is 11.3 Å². The number of ether oxygens (including phenoxy) is 2. The highest BCUT2D eigenvalue weighted by Gasteiger charge is 2.14. The molecule has 0 bridgehead atoms. The van der Waals surface area contributed by atoms with Crippen molar-refractivity contribution in [2.75, 3.05) is 13.2 Å². The number of para-hydroxylation sites is 1. The van der Waals surface area contributed by atoms with Crippen LogP contribution in [0.25, 0.3) is 40.1 Å². The Morgan fingerprint density at radius 2 is 1.66 bits per heavy atom. The molecule has 0 aliphatic heterocycles. The number of benzene rings is 3. The first kappa shape index (κ1) is 29.1. The fourth-order valence-electron chi connectivity index (χ4n) is 4.62. The summed E-state index contributed by atoms with van der Waals surface area (Å²) in [5.41, 5.74) is 4.16. The smallest absolute Gasteiger partial charge is 0.291 e. The zero-order valence-corrected chi connectivity index (χ0v) is 25.5. The van der Waals surface area contributed by atoms with Gasteiger partial charge in [-0.15, -0.1) is 5.10 Å². The van der Waals surface area contributed by atoms with Gasteiger partial charge in [0.2, 0.25) is 4.96 Å². The first-order valence-corrected chi connectivity index (χ1v) is 15.6. The average Bonchev–Trinajstić information content (AvgIpc) is 3.75. The minimum absolute atomic E-state index is 0.218. The maximum absolute atomic E-state index is 13.4. The summed E-state index contributed by atoms with van der Waals surface area (Å²) in [7, 11) is 0. The van der Waals surface area contributed by atoms with Crippen molar-refractivity contribution < 1.29 is 9.47 Å². The van der Waals surface area contributed by atoms with E-state index in [0.29, 0.717) is 21.9 Å². The van der Waals surface area contributed by atoms with Gasteiger partial charge in [0.05, 0.1) is 23.4 Å². The number of thiazole rings is 1. The molecule has 6 rings (SSSR count). The lowest BCUT2D eigenvalue weighted by Gasteiger charge is -2.06. The second kappa shape index (κ2) is 13.5. The Morgan fingerprint density at radius 1 is 0.841 bits per heavy atom. The fourth-order valence-corrected chi connectivity index (χ4v) is 5.53. The van der Waals surface area contributed by atoms with E-state index >= 15 is 0 Å². The van der Waals surface area contributed by atoms with Crippen molar-refractivity contribution in [2.45, 2.75) is 33.1 Å². The summed E-state index contributed by atoms with van der Waals surface area (Å²) >= 11 is 1.30.